The van der Waals surface area contributed by atoms with Gasteiger partial charge in [0, 0.05) is 18.7 Å². The number of rotatable bonds is 6. The predicted molar refractivity (Wildman–Crippen MR) is 144 cm³/mol. The second-order valence-electron chi connectivity index (χ2n) is 9.50. The average Bonchev–Trinajstić information content (AvgIpc) is 3.51. The van der Waals surface area contributed by atoms with Crippen LogP contribution in [0.1, 0.15) is 41.1 Å². The molecule has 4 aromatic rings. The first kappa shape index (κ1) is 25.6. The second kappa shape index (κ2) is 10.0. The van der Waals surface area contributed by atoms with Crippen LogP contribution in [0.15, 0.2) is 64.1 Å². The highest BCUT2D eigenvalue weighted by atomic mass is 32.2. The van der Waals surface area contributed by atoms with Gasteiger partial charge in [-0.25, -0.2) is 13.4 Å². The van der Waals surface area contributed by atoms with Gasteiger partial charge in [0.2, 0.25) is 10.0 Å². The molecule has 2 aromatic carbocycles. The van der Waals surface area contributed by atoms with E-state index in [0.717, 1.165) is 21.3 Å². The van der Waals surface area contributed by atoms with Gasteiger partial charge in [-0.3, -0.25) is 9.69 Å². The standard InChI is InChI=1S/C27H29N3O5S2/c1-17-12-18(2)25-24(13-17)28-27(36-25)30(16-22-6-5-11-34-22)26(31)21-7-9-23(10-8-21)37(32,33)29-14-19(3)35-20(4)15-29/h5-13,19-20H,14-16H2,1-4H3. The lowest BCUT2D eigenvalue weighted by Crippen LogP contribution is -2.48. The number of furan rings is 1. The van der Waals surface area contributed by atoms with Crippen LogP contribution in [0.25, 0.3) is 10.2 Å². The van der Waals surface area contributed by atoms with E-state index in [4.69, 9.17) is 14.1 Å². The number of sulfonamides is 1. The van der Waals surface area contributed by atoms with E-state index in [9.17, 15) is 13.2 Å². The SMILES string of the molecule is Cc1cc(C)c2sc(N(Cc3ccco3)C(=O)c3ccc(S(=O)(=O)N4CC(C)OC(C)C4)cc3)nc2c1. The first-order valence-electron chi connectivity index (χ1n) is 12.1. The van der Waals surface area contributed by atoms with Crippen LogP contribution in [0.5, 0.6) is 0 Å². The molecule has 0 N–H and O–H groups in total. The third-order valence-corrected chi connectivity index (χ3v) is 9.38. The van der Waals surface area contributed by atoms with Crippen LogP contribution in [-0.4, -0.2) is 48.9 Å². The van der Waals surface area contributed by atoms with Crippen molar-refractivity contribution in [2.24, 2.45) is 0 Å². The van der Waals surface area contributed by atoms with E-state index >= 15 is 0 Å². The van der Waals surface area contributed by atoms with E-state index in [1.807, 2.05) is 39.8 Å². The highest BCUT2D eigenvalue weighted by Crippen LogP contribution is 2.34. The number of aryl methyl sites for hydroxylation is 2. The fraction of sp³-hybridized carbons (Fsp3) is 0.333. The van der Waals surface area contributed by atoms with E-state index in [1.165, 1.54) is 27.8 Å². The number of hydrogen-bond donors (Lipinski definition) is 0. The smallest absolute Gasteiger partial charge is 0.260 e. The molecule has 0 aliphatic carbocycles. The Balaban J connectivity index is 1.46. The fourth-order valence-electron chi connectivity index (χ4n) is 4.67. The summed E-state index contributed by atoms with van der Waals surface area (Å²) in [7, 11) is -3.71. The van der Waals surface area contributed by atoms with Crippen molar-refractivity contribution in [3.63, 3.8) is 0 Å². The fourth-order valence-corrected chi connectivity index (χ4v) is 7.27. The molecule has 10 heteroatoms. The van der Waals surface area contributed by atoms with Gasteiger partial charge in [-0.15, -0.1) is 0 Å². The number of benzene rings is 2. The molecule has 194 valence electrons. The Hall–Kier alpha value is -3.05. The Kier molecular flexibility index (Phi) is 6.93. The molecule has 8 nitrogen and oxygen atoms in total. The maximum Gasteiger partial charge on any atom is 0.260 e. The summed E-state index contributed by atoms with van der Waals surface area (Å²) in [6.07, 6.45) is 1.20. The number of anilines is 1. The first-order valence-corrected chi connectivity index (χ1v) is 14.3. The monoisotopic (exact) mass is 539 g/mol. The molecule has 0 radical (unpaired) electrons. The zero-order chi connectivity index (χ0) is 26.3. The van der Waals surface area contributed by atoms with Gasteiger partial charge in [0.1, 0.15) is 5.76 Å². The topological polar surface area (TPSA) is 93.0 Å². The molecule has 1 amide bonds. The van der Waals surface area contributed by atoms with Gasteiger partial charge in [0.15, 0.2) is 5.13 Å². The number of aromatic nitrogens is 1. The van der Waals surface area contributed by atoms with Gasteiger partial charge in [0.05, 0.1) is 40.1 Å². The molecule has 1 fully saturated rings. The highest BCUT2D eigenvalue weighted by Gasteiger charge is 2.32. The number of ether oxygens (including phenoxy) is 1. The quantitative estimate of drug-likeness (QED) is 0.336. The zero-order valence-electron chi connectivity index (χ0n) is 21.2. The average molecular weight is 540 g/mol. The number of thiazole rings is 1. The van der Waals surface area contributed by atoms with Crippen molar-refractivity contribution in [3.8, 4) is 0 Å². The van der Waals surface area contributed by atoms with Crippen molar-refractivity contribution in [2.45, 2.75) is 51.3 Å². The molecule has 2 aromatic heterocycles. The molecule has 0 saturated carbocycles. The molecule has 1 aliphatic rings. The van der Waals surface area contributed by atoms with Gasteiger partial charge in [-0.2, -0.15) is 4.31 Å². The van der Waals surface area contributed by atoms with Crippen molar-refractivity contribution in [1.82, 2.24) is 9.29 Å². The lowest BCUT2D eigenvalue weighted by atomic mass is 10.1. The minimum atomic E-state index is -3.71. The highest BCUT2D eigenvalue weighted by molar-refractivity contribution is 7.89. The molecule has 5 rings (SSSR count). The number of fused-ring (bicyclic) bond motifs is 1. The van der Waals surface area contributed by atoms with Crippen molar-refractivity contribution in [3.05, 3.63) is 77.2 Å². The molecular weight excluding hydrogens is 510 g/mol. The number of carbonyl (C=O) groups is 1. The van der Waals surface area contributed by atoms with Crippen LogP contribution >= 0.6 is 11.3 Å². The minimum Gasteiger partial charge on any atom is -0.467 e. The summed E-state index contributed by atoms with van der Waals surface area (Å²) in [5, 5.41) is 0.554. The van der Waals surface area contributed by atoms with E-state index in [2.05, 4.69) is 6.07 Å². The van der Waals surface area contributed by atoms with Crippen molar-refractivity contribution in [1.29, 1.82) is 0 Å². The van der Waals surface area contributed by atoms with E-state index < -0.39 is 10.0 Å². The van der Waals surface area contributed by atoms with Gasteiger partial charge in [-0.05, 0) is 81.3 Å². The van der Waals surface area contributed by atoms with Gasteiger partial charge >= 0.3 is 0 Å². The number of amides is 1. The van der Waals surface area contributed by atoms with Crippen LogP contribution in [0, 0.1) is 13.8 Å². The van der Waals surface area contributed by atoms with E-state index in [0.29, 0.717) is 29.5 Å². The summed E-state index contributed by atoms with van der Waals surface area (Å²) < 4.78 is 40.1. The molecule has 0 bridgehead atoms. The van der Waals surface area contributed by atoms with E-state index in [1.54, 1.807) is 29.4 Å². The number of carbonyl (C=O) groups excluding carboxylic acids is 1. The molecule has 1 saturated heterocycles. The van der Waals surface area contributed by atoms with Crippen molar-refractivity contribution >= 4 is 42.6 Å². The van der Waals surface area contributed by atoms with Gasteiger partial charge in [-0.1, -0.05) is 17.4 Å². The van der Waals surface area contributed by atoms with Crippen LogP contribution in [0.2, 0.25) is 0 Å². The van der Waals surface area contributed by atoms with Crippen LogP contribution in [0.3, 0.4) is 0 Å². The number of hydrogen-bond acceptors (Lipinski definition) is 7. The lowest BCUT2D eigenvalue weighted by molar-refractivity contribution is -0.0440. The van der Waals surface area contributed by atoms with E-state index in [-0.39, 0.29) is 29.6 Å². The molecule has 2 unspecified atom stereocenters. The minimum absolute atomic E-state index is 0.147. The Morgan fingerprint density at radius 3 is 2.46 bits per heavy atom. The van der Waals surface area contributed by atoms with Crippen molar-refractivity contribution in [2.75, 3.05) is 18.0 Å². The Morgan fingerprint density at radius 1 is 1.11 bits per heavy atom. The molecule has 2 atom stereocenters. The van der Waals surface area contributed by atoms with Gasteiger partial charge < -0.3 is 9.15 Å². The number of nitrogens with zero attached hydrogens (tertiary/aromatic N) is 3. The third kappa shape index (κ3) is 5.19. The number of morpholine rings is 1. The third-order valence-electron chi connectivity index (χ3n) is 6.30. The summed E-state index contributed by atoms with van der Waals surface area (Å²) in [5.74, 6) is 0.331. The van der Waals surface area contributed by atoms with Crippen LogP contribution in [-0.2, 0) is 21.3 Å². The lowest BCUT2D eigenvalue weighted by Gasteiger charge is -2.34. The summed E-state index contributed by atoms with van der Waals surface area (Å²) in [6.45, 7) is 8.56. The molecule has 1 aliphatic heterocycles. The first-order chi connectivity index (χ1) is 17.6. The van der Waals surface area contributed by atoms with Crippen LogP contribution < -0.4 is 4.90 Å². The molecular formula is C27H29N3O5S2. The van der Waals surface area contributed by atoms with Gasteiger partial charge in [0.25, 0.3) is 5.91 Å². The molecule has 3 heterocycles. The Labute approximate surface area is 220 Å². The molecule has 0 spiro atoms. The zero-order valence-corrected chi connectivity index (χ0v) is 22.8. The summed E-state index contributed by atoms with van der Waals surface area (Å²) in [6, 6.07) is 13.8. The maximum absolute atomic E-state index is 13.7. The largest absolute Gasteiger partial charge is 0.467 e. The maximum atomic E-state index is 13.7. The van der Waals surface area contributed by atoms with Crippen LogP contribution in [0.4, 0.5) is 5.13 Å². The normalized spacial score (nSPS) is 18.8. The Morgan fingerprint density at radius 2 is 1.81 bits per heavy atom. The Bertz CT molecular complexity index is 1520. The summed E-state index contributed by atoms with van der Waals surface area (Å²) in [4.78, 5) is 20.2. The molecule has 37 heavy (non-hydrogen) atoms. The summed E-state index contributed by atoms with van der Waals surface area (Å²) in [5.41, 5.74) is 3.41. The predicted octanol–water partition coefficient (Wildman–Crippen LogP) is 5.15. The van der Waals surface area contributed by atoms with Crippen molar-refractivity contribution < 1.29 is 22.4 Å². The second-order valence-corrected chi connectivity index (χ2v) is 12.4. The summed E-state index contributed by atoms with van der Waals surface area (Å²) >= 11 is 1.45.